The molecule has 0 unspecified atom stereocenters. The van der Waals surface area contributed by atoms with Crippen LogP contribution >= 0.6 is 0 Å². The van der Waals surface area contributed by atoms with Crippen molar-refractivity contribution in [3.05, 3.63) is 29.8 Å². The van der Waals surface area contributed by atoms with Crippen molar-refractivity contribution in [2.24, 2.45) is 0 Å². The first-order chi connectivity index (χ1) is 9.29. The van der Waals surface area contributed by atoms with Crippen LogP contribution in [0.2, 0.25) is 0 Å². The summed E-state index contributed by atoms with van der Waals surface area (Å²) in [4.78, 5) is 4.98. The Morgan fingerprint density at radius 2 is 1.84 bits per heavy atom. The molecule has 0 N–H and O–H groups in total. The lowest BCUT2D eigenvalue weighted by atomic mass is 10.1. The molecule has 0 aromatic heterocycles. The molecular weight excluding hydrogens is 236 g/mol. The molecule has 0 aliphatic carbocycles. The molecule has 1 heterocycles. The smallest absolute Gasteiger partial charge is 0.122 e. The number of para-hydroxylation sites is 1. The zero-order valence-corrected chi connectivity index (χ0v) is 12.3. The van der Waals surface area contributed by atoms with E-state index in [9.17, 15) is 0 Å². The molecule has 1 aliphatic heterocycles. The maximum Gasteiger partial charge on any atom is 0.122 e. The number of hydrogen-bond acceptors (Lipinski definition) is 3. The maximum absolute atomic E-state index is 5.67. The molecule has 1 aromatic carbocycles. The van der Waals surface area contributed by atoms with Crippen LogP contribution in [0.1, 0.15) is 18.9 Å². The Bertz CT molecular complexity index is 373. The van der Waals surface area contributed by atoms with Gasteiger partial charge in [0.05, 0.1) is 6.61 Å². The summed E-state index contributed by atoms with van der Waals surface area (Å²) in [6.45, 7) is 8.82. The molecule has 0 saturated carbocycles. The van der Waals surface area contributed by atoms with Crippen LogP contribution in [0.4, 0.5) is 0 Å². The van der Waals surface area contributed by atoms with Gasteiger partial charge in [-0.3, -0.25) is 0 Å². The largest absolute Gasteiger partial charge is 0.494 e. The van der Waals surface area contributed by atoms with E-state index in [0.29, 0.717) is 0 Å². The normalized spacial score (nSPS) is 17.6. The molecule has 3 nitrogen and oxygen atoms in total. The summed E-state index contributed by atoms with van der Waals surface area (Å²) in [5.74, 6) is 1.06. The number of likely N-dealkylation sites (N-methyl/N-ethyl adjacent to an activating group) is 1. The summed E-state index contributed by atoms with van der Waals surface area (Å²) < 4.78 is 5.67. The molecule has 1 saturated heterocycles. The first-order valence-electron chi connectivity index (χ1n) is 7.41. The van der Waals surface area contributed by atoms with Gasteiger partial charge in [0.15, 0.2) is 0 Å². The van der Waals surface area contributed by atoms with E-state index in [0.717, 1.165) is 18.8 Å². The number of aryl methyl sites for hydroxylation is 1. The summed E-state index contributed by atoms with van der Waals surface area (Å²) in [5.41, 5.74) is 1.35. The van der Waals surface area contributed by atoms with Crippen LogP contribution in [-0.4, -0.2) is 56.2 Å². The van der Waals surface area contributed by atoms with Crippen molar-refractivity contribution in [1.29, 1.82) is 0 Å². The molecule has 2 rings (SSSR count). The highest BCUT2D eigenvalue weighted by Crippen LogP contribution is 2.19. The quantitative estimate of drug-likeness (QED) is 0.782. The molecule has 19 heavy (non-hydrogen) atoms. The van der Waals surface area contributed by atoms with Crippen molar-refractivity contribution < 1.29 is 4.74 Å². The zero-order chi connectivity index (χ0) is 13.5. The summed E-state index contributed by atoms with van der Waals surface area (Å²) in [7, 11) is 2.20. The molecule has 1 aromatic rings. The predicted molar refractivity (Wildman–Crippen MR) is 79.9 cm³/mol. The van der Waals surface area contributed by atoms with E-state index in [1.54, 1.807) is 0 Å². The van der Waals surface area contributed by atoms with Crippen molar-refractivity contribution in [3.8, 4) is 5.75 Å². The Hall–Kier alpha value is -1.06. The highest BCUT2D eigenvalue weighted by molar-refractivity contribution is 5.33. The van der Waals surface area contributed by atoms with Gasteiger partial charge in [0.2, 0.25) is 0 Å². The topological polar surface area (TPSA) is 15.7 Å². The van der Waals surface area contributed by atoms with Crippen molar-refractivity contribution in [2.75, 3.05) is 46.4 Å². The van der Waals surface area contributed by atoms with Gasteiger partial charge in [-0.25, -0.2) is 0 Å². The minimum Gasteiger partial charge on any atom is -0.494 e. The number of nitrogens with zero attached hydrogens (tertiary/aromatic N) is 2. The lowest BCUT2D eigenvalue weighted by Gasteiger charge is -2.32. The van der Waals surface area contributed by atoms with Crippen molar-refractivity contribution >= 4 is 0 Å². The summed E-state index contributed by atoms with van der Waals surface area (Å²) in [6.07, 6.45) is 2.33. The molecule has 1 fully saturated rings. The first-order valence-corrected chi connectivity index (χ1v) is 7.41. The number of benzene rings is 1. The highest BCUT2D eigenvalue weighted by Gasteiger charge is 2.13. The van der Waals surface area contributed by atoms with Crippen LogP contribution in [-0.2, 0) is 6.42 Å². The van der Waals surface area contributed by atoms with Crippen LogP contribution in [0.15, 0.2) is 24.3 Å². The van der Waals surface area contributed by atoms with E-state index in [2.05, 4.69) is 41.1 Å². The minimum absolute atomic E-state index is 0.746. The number of rotatable bonds is 6. The molecule has 0 bridgehead atoms. The fourth-order valence-corrected chi connectivity index (χ4v) is 2.57. The Labute approximate surface area is 117 Å². The van der Waals surface area contributed by atoms with Gasteiger partial charge in [0.1, 0.15) is 5.75 Å². The molecule has 3 heteroatoms. The average molecular weight is 262 g/mol. The first kappa shape index (κ1) is 14.4. The molecule has 0 atom stereocenters. The highest BCUT2D eigenvalue weighted by atomic mass is 16.5. The van der Waals surface area contributed by atoms with Gasteiger partial charge in [0, 0.05) is 26.2 Å². The van der Waals surface area contributed by atoms with Crippen LogP contribution in [0.5, 0.6) is 5.75 Å². The number of hydrogen-bond donors (Lipinski definition) is 0. The van der Waals surface area contributed by atoms with Crippen LogP contribution in [0, 0.1) is 0 Å². The fourth-order valence-electron chi connectivity index (χ4n) is 2.57. The second-order valence-electron chi connectivity index (χ2n) is 5.29. The lowest BCUT2D eigenvalue weighted by Crippen LogP contribution is -2.44. The maximum atomic E-state index is 5.67. The van der Waals surface area contributed by atoms with Gasteiger partial charge in [-0.1, -0.05) is 18.2 Å². The minimum atomic E-state index is 0.746. The monoisotopic (exact) mass is 262 g/mol. The van der Waals surface area contributed by atoms with Crippen molar-refractivity contribution in [1.82, 2.24) is 9.80 Å². The molecule has 0 spiro atoms. The number of piperazine rings is 1. The Kier molecular flexibility index (Phi) is 5.67. The van der Waals surface area contributed by atoms with Crippen LogP contribution < -0.4 is 4.74 Å². The van der Waals surface area contributed by atoms with E-state index < -0.39 is 0 Å². The van der Waals surface area contributed by atoms with Gasteiger partial charge >= 0.3 is 0 Å². The molecule has 0 amide bonds. The van der Waals surface area contributed by atoms with Gasteiger partial charge in [-0.15, -0.1) is 0 Å². The van der Waals surface area contributed by atoms with E-state index >= 15 is 0 Å². The molecular formula is C16H26N2O. The second-order valence-corrected chi connectivity index (χ2v) is 5.29. The van der Waals surface area contributed by atoms with E-state index in [-0.39, 0.29) is 0 Å². The molecule has 1 aliphatic rings. The summed E-state index contributed by atoms with van der Waals surface area (Å²) >= 11 is 0. The number of ether oxygens (including phenoxy) is 1. The second kappa shape index (κ2) is 7.51. The fraction of sp³-hybridized carbons (Fsp3) is 0.625. The van der Waals surface area contributed by atoms with Crippen molar-refractivity contribution in [2.45, 2.75) is 19.8 Å². The van der Waals surface area contributed by atoms with Crippen LogP contribution in [0.25, 0.3) is 0 Å². The Balaban J connectivity index is 1.76. The SMILES string of the molecule is CCOc1ccccc1CCCN1CCN(C)CC1. The van der Waals surface area contributed by atoms with Gasteiger partial charge in [-0.05, 0) is 45.0 Å². The van der Waals surface area contributed by atoms with E-state index in [1.165, 1.54) is 44.7 Å². The molecule has 0 radical (unpaired) electrons. The van der Waals surface area contributed by atoms with Gasteiger partial charge in [0.25, 0.3) is 0 Å². The van der Waals surface area contributed by atoms with Crippen molar-refractivity contribution in [3.63, 3.8) is 0 Å². The standard InChI is InChI=1S/C16H26N2O/c1-3-19-16-9-5-4-7-15(16)8-6-10-18-13-11-17(2)12-14-18/h4-5,7,9H,3,6,8,10-14H2,1-2H3. The third-order valence-electron chi connectivity index (χ3n) is 3.79. The van der Waals surface area contributed by atoms with Gasteiger partial charge < -0.3 is 14.5 Å². The van der Waals surface area contributed by atoms with E-state index in [1.807, 2.05) is 6.92 Å². The zero-order valence-electron chi connectivity index (χ0n) is 12.3. The third-order valence-corrected chi connectivity index (χ3v) is 3.79. The summed E-state index contributed by atoms with van der Waals surface area (Å²) in [6, 6.07) is 8.42. The predicted octanol–water partition coefficient (Wildman–Crippen LogP) is 2.27. The molecule has 106 valence electrons. The summed E-state index contributed by atoms with van der Waals surface area (Å²) in [5, 5.41) is 0. The Morgan fingerprint density at radius 3 is 2.58 bits per heavy atom. The average Bonchev–Trinajstić information content (AvgIpc) is 2.43. The Morgan fingerprint density at radius 1 is 1.11 bits per heavy atom. The third kappa shape index (κ3) is 4.51. The van der Waals surface area contributed by atoms with Gasteiger partial charge in [-0.2, -0.15) is 0 Å². The lowest BCUT2D eigenvalue weighted by molar-refractivity contribution is 0.153. The van der Waals surface area contributed by atoms with E-state index in [4.69, 9.17) is 4.74 Å². The van der Waals surface area contributed by atoms with Crippen LogP contribution in [0.3, 0.4) is 0 Å².